The number of rotatable bonds is 8. The van der Waals surface area contributed by atoms with Crippen molar-refractivity contribution in [1.82, 2.24) is 9.62 Å². The van der Waals surface area contributed by atoms with E-state index >= 15 is 0 Å². The molecule has 1 aromatic rings. The van der Waals surface area contributed by atoms with E-state index in [0.717, 1.165) is 12.8 Å². The first kappa shape index (κ1) is 20.7. The van der Waals surface area contributed by atoms with Gasteiger partial charge in [-0.3, -0.25) is 4.79 Å². The molecule has 0 bridgehead atoms. The summed E-state index contributed by atoms with van der Waals surface area (Å²) in [5.74, 6) is 0.759. The Morgan fingerprint density at radius 2 is 1.88 bits per heavy atom. The molecule has 0 unspecified atom stereocenters. The molecule has 0 radical (unpaired) electrons. The average Bonchev–Trinajstić information content (AvgIpc) is 2.61. The number of sulfonamides is 1. The summed E-state index contributed by atoms with van der Waals surface area (Å²) in [6.07, 6.45) is 1.77. The maximum Gasteiger partial charge on any atom is 0.258 e. The Bertz CT molecular complexity index is 682. The number of piperidine rings is 1. The van der Waals surface area contributed by atoms with Crippen molar-refractivity contribution in [3.8, 4) is 5.75 Å². The molecule has 1 saturated heterocycles. The summed E-state index contributed by atoms with van der Waals surface area (Å²) >= 11 is 0. The Hall–Kier alpha value is -1.64. The molecular formula is C18H28N2O5S. The van der Waals surface area contributed by atoms with Gasteiger partial charge < -0.3 is 14.8 Å². The Morgan fingerprint density at radius 3 is 2.46 bits per heavy atom. The lowest BCUT2D eigenvalue weighted by Crippen LogP contribution is -2.38. The Kier molecular flexibility index (Phi) is 7.43. The summed E-state index contributed by atoms with van der Waals surface area (Å²) in [4.78, 5) is 12.0. The van der Waals surface area contributed by atoms with Crippen LogP contribution in [0.25, 0.3) is 0 Å². The minimum Gasteiger partial charge on any atom is -0.484 e. The average molecular weight is 384 g/mol. The SMILES string of the molecule is COC[C@H](C)NC(=O)COc1ccc(S(=O)(=O)N2CCC(C)CC2)cc1. The topological polar surface area (TPSA) is 84.9 Å². The molecule has 1 aliphatic rings. The fourth-order valence-corrected chi connectivity index (χ4v) is 4.31. The lowest BCUT2D eigenvalue weighted by molar-refractivity contribution is -0.124. The van der Waals surface area contributed by atoms with Crippen LogP contribution in [0.2, 0.25) is 0 Å². The summed E-state index contributed by atoms with van der Waals surface area (Å²) in [5, 5.41) is 2.74. The molecule has 8 heteroatoms. The normalized spacial score (nSPS) is 17.7. The van der Waals surface area contributed by atoms with E-state index in [4.69, 9.17) is 9.47 Å². The van der Waals surface area contributed by atoms with Gasteiger partial charge in [-0.05, 0) is 49.9 Å². The van der Waals surface area contributed by atoms with Gasteiger partial charge >= 0.3 is 0 Å². The van der Waals surface area contributed by atoms with Crippen LogP contribution in [0.1, 0.15) is 26.7 Å². The number of hydrogen-bond donors (Lipinski definition) is 1. The van der Waals surface area contributed by atoms with Gasteiger partial charge in [0.1, 0.15) is 5.75 Å². The maximum absolute atomic E-state index is 12.7. The number of benzene rings is 1. The standard InChI is InChI=1S/C18H28N2O5S/c1-14-8-10-20(11-9-14)26(22,23)17-6-4-16(5-7-17)25-13-18(21)19-15(2)12-24-3/h4-7,14-15H,8-13H2,1-3H3,(H,19,21)/t15-/m0/s1. The van der Waals surface area contributed by atoms with Crippen molar-refractivity contribution in [1.29, 1.82) is 0 Å². The van der Waals surface area contributed by atoms with E-state index < -0.39 is 10.0 Å². The van der Waals surface area contributed by atoms with Gasteiger partial charge in [0, 0.05) is 26.2 Å². The highest BCUT2D eigenvalue weighted by Crippen LogP contribution is 2.24. The zero-order chi connectivity index (χ0) is 19.2. The second-order valence-electron chi connectivity index (χ2n) is 6.77. The molecule has 0 saturated carbocycles. The Morgan fingerprint density at radius 1 is 1.27 bits per heavy atom. The van der Waals surface area contributed by atoms with Gasteiger partial charge in [-0.25, -0.2) is 8.42 Å². The Labute approximate surface area is 155 Å². The van der Waals surface area contributed by atoms with Gasteiger partial charge in [0.15, 0.2) is 6.61 Å². The number of methoxy groups -OCH3 is 1. The zero-order valence-electron chi connectivity index (χ0n) is 15.6. The summed E-state index contributed by atoms with van der Waals surface area (Å²) in [5.41, 5.74) is 0. The monoisotopic (exact) mass is 384 g/mol. The minimum atomic E-state index is -3.47. The summed E-state index contributed by atoms with van der Waals surface area (Å²) < 4.78 is 37.2. The molecule has 1 heterocycles. The van der Waals surface area contributed by atoms with Crippen molar-refractivity contribution >= 4 is 15.9 Å². The van der Waals surface area contributed by atoms with E-state index in [1.54, 1.807) is 19.2 Å². The number of ether oxygens (including phenoxy) is 2. The molecule has 7 nitrogen and oxygen atoms in total. The second-order valence-corrected chi connectivity index (χ2v) is 8.71. The number of carbonyl (C=O) groups is 1. The van der Waals surface area contributed by atoms with Gasteiger partial charge in [-0.15, -0.1) is 0 Å². The number of carbonyl (C=O) groups excluding carboxylic acids is 1. The molecule has 26 heavy (non-hydrogen) atoms. The van der Waals surface area contributed by atoms with Crippen LogP contribution in [0.15, 0.2) is 29.2 Å². The smallest absolute Gasteiger partial charge is 0.258 e. The molecule has 0 aromatic heterocycles. The van der Waals surface area contributed by atoms with Crippen molar-refractivity contribution in [2.45, 2.75) is 37.6 Å². The molecule has 0 spiro atoms. The highest BCUT2D eigenvalue weighted by molar-refractivity contribution is 7.89. The Balaban J connectivity index is 1.90. The molecule has 1 aliphatic heterocycles. The van der Waals surface area contributed by atoms with Crippen LogP contribution in [0, 0.1) is 5.92 Å². The van der Waals surface area contributed by atoms with Crippen LogP contribution in [0.3, 0.4) is 0 Å². The van der Waals surface area contributed by atoms with Crippen molar-refractivity contribution in [3.63, 3.8) is 0 Å². The number of nitrogens with one attached hydrogen (secondary N) is 1. The van der Waals surface area contributed by atoms with E-state index in [1.165, 1.54) is 16.4 Å². The van der Waals surface area contributed by atoms with Crippen LogP contribution in [0.4, 0.5) is 0 Å². The molecule has 1 N–H and O–H groups in total. The van der Waals surface area contributed by atoms with E-state index in [2.05, 4.69) is 12.2 Å². The van der Waals surface area contributed by atoms with Crippen LogP contribution in [0.5, 0.6) is 5.75 Å². The molecule has 0 aliphatic carbocycles. The minimum absolute atomic E-state index is 0.101. The second kappa shape index (κ2) is 9.34. The van der Waals surface area contributed by atoms with Crippen molar-refractivity contribution in [2.75, 3.05) is 33.4 Å². The quantitative estimate of drug-likeness (QED) is 0.736. The summed E-state index contributed by atoms with van der Waals surface area (Å²) in [7, 11) is -1.90. The molecule has 1 aromatic carbocycles. The number of nitrogens with zero attached hydrogens (tertiary/aromatic N) is 1. The maximum atomic E-state index is 12.7. The third-order valence-corrected chi connectivity index (χ3v) is 6.31. The van der Waals surface area contributed by atoms with Crippen LogP contribution in [-0.4, -0.2) is 58.1 Å². The van der Waals surface area contributed by atoms with Crippen LogP contribution in [-0.2, 0) is 19.6 Å². The third-order valence-electron chi connectivity index (χ3n) is 4.40. The summed E-state index contributed by atoms with van der Waals surface area (Å²) in [6, 6.07) is 6.09. The van der Waals surface area contributed by atoms with Crippen LogP contribution >= 0.6 is 0 Å². The molecule has 1 fully saturated rings. The van der Waals surface area contributed by atoms with Gasteiger partial charge in [0.05, 0.1) is 11.5 Å². The first-order valence-electron chi connectivity index (χ1n) is 8.84. The van der Waals surface area contributed by atoms with Gasteiger partial charge in [0.2, 0.25) is 10.0 Å². The van der Waals surface area contributed by atoms with Gasteiger partial charge in [-0.2, -0.15) is 4.31 Å². The fourth-order valence-electron chi connectivity index (χ4n) is 2.84. The molecule has 1 amide bonds. The lowest BCUT2D eigenvalue weighted by Gasteiger charge is -2.29. The van der Waals surface area contributed by atoms with E-state index in [9.17, 15) is 13.2 Å². The third kappa shape index (κ3) is 5.69. The largest absolute Gasteiger partial charge is 0.484 e. The summed E-state index contributed by atoms with van der Waals surface area (Å²) in [6.45, 7) is 5.38. The molecule has 146 valence electrons. The van der Waals surface area contributed by atoms with Crippen molar-refractivity contribution < 1.29 is 22.7 Å². The van der Waals surface area contributed by atoms with E-state index in [1.807, 2.05) is 6.92 Å². The van der Waals surface area contributed by atoms with Gasteiger partial charge in [0.25, 0.3) is 5.91 Å². The van der Waals surface area contributed by atoms with Crippen LogP contribution < -0.4 is 10.1 Å². The predicted octanol–water partition coefficient (Wildman–Crippen LogP) is 1.64. The lowest BCUT2D eigenvalue weighted by atomic mass is 10.0. The van der Waals surface area contributed by atoms with E-state index in [-0.39, 0.29) is 23.5 Å². The molecule has 1 atom stereocenters. The first-order valence-corrected chi connectivity index (χ1v) is 10.3. The number of hydrogen-bond acceptors (Lipinski definition) is 5. The van der Waals surface area contributed by atoms with Crippen molar-refractivity contribution in [2.24, 2.45) is 5.92 Å². The first-order chi connectivity index (χ1) is 12.3. The number of amides is 1. The van der Waals surface area contributed by atoms with Gasteiger partial charge in [-0.1, -0.05) is 6.92 Å². The highest BCUT2D eigenvalue weighted by Gasteiger charge is 2.27. The van der Waals surface area contributed by atoms with Crippen molar-refractivity contribution in [3.05, 3.63) is 24.3 Å². The zero-order valence-corrected chi connectivity index (χ0v) is 16.4. The predicted molar refractivity (Wildman–Crippen MR) is 98.6 cm³/mol. The molecule has 2 rings (SSSR count). The van der Waals surface area contributed by atoms with E-state index in [0.29, 0.717) is 31.4 Å². The molecular weight excluding hydrogens is 356 g/mol. The fraction of sp³-hybridized carbons (Fsp3) is 0.611. The highest BCUT2D eigenvalue weighted by atomic mass is 32.2.